The van der Waals surface area contributed by atoms with Gasteiger partial charge in [0.1, 0.15) is 4.88 Å². The normalized spacial score (nSPS) is 18.3. The molecule has 2 aromatic carbocycles. The van der Waals surface area contributed by atoms with E-state index in [4.69, 9.17) is 17.3 Å². The second-order valence-electron chi connectivity index (χ2n) is 9.39. The van der Waals surface area contributed by atoms with E-state index in [0.29, 0.717) is 40.5 Å². The van der Waals surface area contributed by atoms with Crippen LogP contribution in [-0.2, 0) is 15.8 Å². The Morgan fingerprint density at radius 3 is 2.63 bits per heavy atom. The number of aromatic carboxylic acids is 1. The number of carboxylic acids is 1. The molecule has 0 bridgehead atoms. The monoisotopic (exact) mass is 533 g/mol. The van der Waals surface area contributed by atoms with Gasteiger partial charge in [0, 0.05) is 29.5 Å². The van der Waals surface area contributed by atoms with Crippen LogP contribution in [0.4, 0.5) is 11.4 Å². The number of piperidine rings is 1. The van der Waals surface area contributed by atoms with Gasteiger partial charge in [0.2, 0.25) is 10.0 Å². The predicted molar refractivity (Wildman–Crippen MR) is 143 cm³/mol. The number of rotatable bonds is 7. The molecule has 1 aromatic heterocycles. The van der Waals surface area contributed by atoms with E-state index in [-0.39, 0.29) is 16.7 Å². The molecule has 3 aromatic rings. The van der Waals surface area contributed by atoms with Crippen molar-refractivity contribution in [2.75, 3.05) is 17.6 Å². The number of carboxylic acid groups (broad SMARTS) is 1. The number of sulfonamides is 1. The van der Waals surface area contributed by atoms with Crippen LogP contribution in [0.1, 0.15) is 41.9 Å². The number of nitrogens with one attached hydrogen (secondary N) is 1. The van der Waals surface area contributed by atoms with Crippen LogP contribution < -0.4 is 11.1 Å². The summed E-state index contributed by atoms with van der Waals surface area (Å²) in [7, 11) is -3.52. The Kier molecular flexibility index (Phi) is 7.15. The van der Waals surface area contributed by atoms with Crippen molar-refractivity contribution in [3.63, 3.8) is 0 Å². The molecular formula is C25H28ClN3O4S2. The molecule has 186 valence electrons. The first-order valence-electron chi connectivity index (χ1n) is 11.2. The molecule has 7 nitrogen and oxygen atoms in total. The summed E-state index contributed by atoms with van der Waals surface area (Å²) in [4.78, 5) is 12.2. The number of benzene rings is 2. The fourth-order valence-corrected chi connectivity index (χ4v) is 7.90. The SMILES string of the molecule is CC1(C)C[C@@H](Nc2cccc(-c3sc(C(=O)O)cc3Cl)c2)CCN1S(=O)(=O)Cc1cccc(N)c1. The van der Waals surface area contributed by atoms with Gasteiger partial charge in [-0.25, -0.2) is 13.2 Å². The highest BCUT2D eigenvalue weighted by Gasteiger charge is 2.41. The third kappa shape index (κ3) is 5.81. The van der Waals surface area contributed by atoms with Gasteiger partial charge >= 0.3 is 5.97 Å². The lowest BCUT2D eigenvalue weighted by Gasteiger charge is -2.45. The van der Waals surface area contributed by atoms with Crippen LogP contribution in [0, 0.1) is 0 Å². The molecule has 0 radical (unpaired) electrons. The molecule has 1 saturated heterocycles. The maximum Gasteiger partial charge on any atom is 0.345 e. The summed E-state index contributed by atoms with van der Waals surface area (Å²) in [6.45, 7) is 4.31. The summed E-state index contributed by atoms with van der Waals surface area (Å²) in [6, 6.07) is 16.2. The third-order valence-electron chi connectivity index (χ3n) is 6.13. The van der Waals surface area contributed by atoms with Gasteiger partial charge in [-0.05, 0) is 68.1 Å². The van der Waals surface area contributed by atoms with Crippen molar-refractivity contribution in [2.24, 2.45) is 0 Å². The third-order valence-corrected chi connectivity index (χ3v) is 9.76. The zero-order valence-electron chi connectivity index (χ0n) is 19.5. The molecule has 4 rings (SSSR count). The second-order valence-corrected chi connectivity index (χ2v) is 12.7. The van der Waals surface area contributed by atoms with Gasteiger partial charge in [-0.3, -0.25) is 0 Å². The van der Waals surface area contributed by atoms with Crippen LogP contribution in [0.5, 0.6) is 0 Å². The van der Waals surface area contributed by atoms with Crippen LogP contribution in [0.15, 0.2) is 54.6 Å². The van der Waals surface area contributed by atoms with Gasteiger partial charge in [-0.2, -0.15) is 4.31 Å². The van der Waals surface area contributed by atoms with E-state index in [1.54, 1.807) is 28.6 Å². The van der Waals surface area contributed by atoms with Crippen molar-refractivity contribution in [1.29, 1.82) is 0 Å². The maximum absolute atomic E-state index is 13.2. The molecule has 0 spiro atoms. The number of nitrogen functional groups attached to an aromatic ring is 1. The van der Waals surface area contributed by atoms with Crippen molar-refractivity contribution in [1.82, 2.24) is 4.31 Å². The minimum absolute atomic E-state index is 0.0763. The van der Waals surface area contributed by atoms with E-state index in [0.717, 1.165) is 22.6 Å². The Morgan fingerprint density at radius 1 is 1.23 bits per heavy atom. The Hall–Kier alpha value is -2.59. The van der Waals surface area contributed by atoms with Gasteiger partial charge < -0.3 is 16.2 Å². The predicted octanol–water partition coefficient (Wildman–Crippen LogP) is 5.53. The Balaban J connectivity index is 1.47. The number of hydrogen-bond acceptors (Lipinski definition) is 6. The van der Waals surface area contributed by atoms with Crippen LogP contribution >= 0.6 is 22.9 Å². The number of nitrogens with zero attached hydrogens (tertiary/aromatic N) is 1. The largest absolute Gasteiger partial charge is 0.477 e. The van der Waals surface area contributed by atoms with E-state index in [1.807, 2.05) is 38.1 Å². The van der Waals surface area contributed by atoms with Crippen molar-refractivity contribution in [3.05, 3.63) is 70.1 Å². The van der Waals surface area contributed by atoms with Crippen molar-refractivity contribution >= 4 is 50.3 Å². The smallest absolute Gasteiger partial charge is 0.345 e. The molecule has 1 aliphatic heterocycles. The minimum Gasteiger partial charge on any atom is -0.477 e. The van der Waals surface area contributed by atoms with Gasteiger partial charge in [0.05, 0.1) is 15.7 Å². The summed E-state index contributed by atoms with van der Waals surface area (Å²) in [5.41, 5.74) is 8.18. The van der Waals surface area contributed by atoms with Gasteiger partial charge in [0.25, 0.3) is 0 Å². The van der Waals surface area contributed by atoms with E-state index in [9.17, 15) is 18.3 Å². The van der Waals surface area contributed by atoms with Crippen LogP contribution in [0.3, 0.4) is 0 Å². The quantitative estimate of drug-likeness (QED) is 0.344. The number of carbonyl (C=O) groups is 1. The number of thiophene rings is 1. The number of halogens is 1. The van der Waals surface area contributed by atoms with E-state index < -0.39 is 21.5 Å². The fourth-order valence-electron chi connectivity index (χ4n) is 4.65. The van der Waals surface area contributed by atoms with Crippen LogP contribution in [-0.4, -0.2) is 41.9 Å². The van der Waals surface area contributed by atoms with E-state index >= 15 is 0 Å². The zero-order chi connectivity index (χ0) is 25.4. The van der Waals surface area contributed by atoms with Crippen molar-refractivity contribution < 1.29 is 18.3 Å². The highest BCUT2D eigenvalue weighted by atomic mass is 35.5. The number of hydrogen-bond donors (Lipinski definition) is 3. The van der Waals surface area contributed by atoms with E-state index in [2.05, 4.69) is 5.32 Å². The lowest BCUT2D eigenvalue weighted by Crippen LogP contribution is -2.55. The average molecular weight is 534 g/mol. The molecule has 0 unspecified atom stereocenters. The fraction of sp³-hybridized carbons (Fsp3) is 0.320. The molecule has 1 fully saturated rings. The van der Waals surface area contributed by atoms with Crippen molar-refractivity contribution in [3.8, 4) is 10.4 Å². The first kappa shape index (κ1) is 25.5. The Labute approximate surface area is 214 Å². The standard InChI is InChI=1S/C25H28ClN3O4S2/c1-25(2)14-20(9-10-29(25)35(32,33)15-16-5-3-7-18(27)11-16)28-19-8-4-6-17(12-19)23-21(26)13-22(34-23)24(30)31/h3-8,11-13,20,28H,9-10,14-15,27H2,1-2H3,(H,30,31)/t20-/m0/s1. The molecule has 1 aliphatic rings. The number of nitrogens with two attached hydrogens (primary N) is 1. The summed E-state index contributed by atoms with van der Waals surface area (Å²) < 4.78 is 28.1. The lowest BCUT2D eigenvalue weighted by atomic mass is 9.89. The Bertz CT molecular complexity index is 1350. The van der Waals surface area contributed by atoms with Crippen LogP contribution in [0.25, 0.3) is 10.4 Å². The Morgan fingerprint density at radius 2 is 1.97 bits per heavy atom. The van der Waals surface area contributed by atoms with Crippen molar-refractivity contribution in [2.45, 2.75) is 44.0 Å². The molecule has 0 aliphatic carbocycles. The highest BCUT2D eigenvalue weighted by Crippen LogP contribution is 2.38. The van der Waals surface area contributed by atoms with Gasteiger partial charge in [0.15, 0.2) is 0 Å². The molecule has 0 amide bonds. The highest BCUT2D eigenvalue weighted by molar-refractivity contribution is 7.88. The molecule has 2 heterocycles. The second kappa shape index (κ2) is 9.81. The topological polar surface area (TPSA) is 113 Å². The summed E-state index contributed by atoms with van der Waals surface area (Å²) in [5.74, 6) is -1.08. The van der Waals surface area contributed by atoms with Gasteiger partial charge in [-0.1, -0.05) is 35.9 Å². The number of anilines is 2. The molecule has 35 heavy (non-hydrogen) atoms. The molecule has 0 saturated carbocycles. The molecule has 4 N–H and O–H groups in total. The molecular weight excluding hydrogens is 506 g/mol. The summed E-state index contributed by atoms with van der Waals surface area (Å²) in [5, 5.41) is 13.2. The maximum atomic E-state index is 13.2. The minimum atomic E-state index is -3.52. The molecule has 1 atom stereocenters. The van der Waals surface area contributed by atoms with Crippen LogP contribution in [0.2, 0.25) is 5.02 Å². The summed E-state index contributed by atoms with van der Waals surface area (Å²) >= 11 is 7.43. The van der Waals surface area contributed by atoms with E-state index in [1.165, 1.54) is 6.07 Å². The molecule has 10 heteroatoms. The first-order valence-corrected chi connectivity index (χ1v) is 14.0. The zero-order valence-corrected chi connectivity index (χ0v) is 21.9. The van der Waals surface area contributed by atoms with Gasteiger partial charge in [-0.15, -0.1) is 11.3 Å². The average Bonchev–Trinajstić information content (AvgIpc) is 3.15. The lowest BCUT2D eigenvalue weighted by molar-refractivity contribution is 0.0702. The summed E-state index contributed by atoms with van der Waals surface area (Å²) in [6.07, 6.45) is 1.29. The first-order chi connectivity index (χ1) is 16.4.